The number of carbonyl (C=O) groups excluding carboxylic acids is 3. The van der Waals surface area contributed by atoms with Gasteiger partial charge in [0.1, 0.15) is 23.9 Å². The molecule has 0 atom stereocenters. The van der Waals surface area contributed by atoms with E-state index in [1.807, 2.05) is 13.8 Å². The summed E-state index contributed by atoms with van der Waals surface area (Å²) in [6, 6.07) is 13.5. The highest BCUT2D eigenvalue weighted by Gasteiger charge is 2.10. The standard InChI is InChI=1S/C27H29NO6.C4H6O2.C2H6/c1-5-24(15-8-20(3)33-26(29)21-9-13-23(28-4)14-10-21)34-27(30)22-11-16-25(17-12-22)32-19-7-18-31-6-2;1-2-3-6-4-5;1-2/h5-6,8-17,28H,1-2,7,18-19H2,3-4H3;2,4H,1,3H2;1-2H3/b20-8+,24-15+;;. The first kappa shape index (κ1) is 37.0. The summed E-state index contributed by atoms with van der Waals surface area (Å²) in [5, 5.41) is 2.98. The largest absolute Gasteiger partial charge is 0.502 e. The van der Waals surface area contributed by atoms with E-state index in [1.54, 1.807) is 62.5 Å². The third kappa shape index (κ3) is 16.1. The van der Waals surface area contributed by atoms with E-state index in [4.69, 9.17) is 18.9 Å². The third-order valence-electron chi connectivity index (χ3n) is 4.72. The topological polar surface area (TPSA) is 109 Å². The summed E-state index contributed by atoms with van der Waals surface area (Å²) < 4.78 is 25.5. The van der Waals surface area contributed by atoms with Crippen molar-refractivity contribution in [2.24, 2.45) is 0 Å². The highest BCUT2D eigenvalue weighted by Crippen LogP contribution is 2.16. The minimum Gasteiger partial charge on any atom is -0.502 e. The molecule has 0 unspecified atom stereocenters. The van der Waals surface area contributed by atoms with Crippen LogP contribution in [0.25, 0.3) is 0 Å². The van der Waals surface area contributed by atoms with Crippen molar-refractivity contribution in [3.63, 3.8) is 0 Å². The van der Waals surface area contributed by atoms with Gasteiger partial charge in [0.05, 0.1) is 30.6 Å². The molecule has 226 valence electrons. The van der Waals surface area contributed by atoms with Crippen LogP contribution in [0.3, 0.4) is 0 Å². The Balaban J connectivity index is 0.00000186. The van der Waals surface area contributed by atoms with Crippen molar-refractivity contribution in [3.05, 3.63) is 121 Å². The van der Waals surface area contributed by atoms with Crippen LogP contribution in [0.4, 0.5) is 5.69 Å². The summed E-state index contributed by atoms with van der Waals surface area (Å²) in [4.78, 5) is 34.0. The number of hydrogen-bond donors (Lipinski definition) is 1. The number of allylic oxidation sites excluding steroid dienone is 4. The number of ether oxygens (including phenoxy) is 5. The zero-order chi connectivity index (χ0) is 31.6. The summed E-state index contributed by atoms with van der Waals surface area (Å²) in [5.74, 6) is 0.136. The lowest BCUT2D eigenvalue weighted by atomic mass is 10.2. The third-order valence-corrected chi connectivity index (χ3v) is 4.72. The average Bonchev–Trinajstić information content (AvgIpc) is 3.03. The molecule has 0 saturated carbocycles. The first-order chi connectivity index (χ1) is 20.4. The van der Waals surface area contributed by atoms with Gasteiger partial charge in [-0.05, 0) is 73.7 Å². The summed E-state index contributed by atoms with van der Waals surface area (Å²) in [6.45, 7) is 17.8. The van der Waals surface area contributed by atoms with Gasteiger partial charge < -0.3 is 29.0 Å². The fourth-order valence-corrected chi connectivity index (χ4v) is 2.73. The van der Waals surface area contributed by atoms with Crippen LogP contribution in [0.5, 0.6) is 5.75 Å². The molecule has 0 saturated heterocycles. The van der Waals surface area contributed by atoms with Crippen molar-refractivity contribution in [1.29, 1.82) is 0 Å². The van der Waals surface area contributed by atoms with Crippen LogP contribution in [0.15, 0.2) is 110 Å². The smallest absolute Gasteiger partial charge is 0.343 e. The molecular weight excluding hydrogens is 538 g/mol. The fraction of sp³-hybridized carbons (Fsp3) is 0.242. The van der Waals surface area contributed by atoms with E-state index in [0.29, 0.717) is 55.3 Å². The molecule has 0 aromatic heterocycles. The van der Waals surface area contributed by atoms with E-state index in [9.17, 15) is 14.4 Å². The highest BCUT2D eigenvalue weighted by atomic mass is 16.5. The second kappa shape index (κ2) is 23.8. The van der Waals surface area contributed by atoms with Crippen molar-refractivity contribution >= 4 is 24.1 Å². The Morgan fingerprint density at radius 2 is 1.43 bits per heavy atom. The number of nitrogens with one attached hydrogen (secondary N) is 1. The number of hydrogen-bond acceptors (Lipinski definition) is 9. The van der Waals surface area contributed by atoms with Crippen molar-refractivity contribution in [3.8, 4) is 5.75 Å². The van der Waals surface area contributed by atoms with Crippen LogP contribution >= 0.6 is 0 Å². The van der Waals surface area contributed by atoms with Crippen molar-refractivity contribution in [2.75, 3.05) is 32.2 Å². The molecule has 0 fully saturated rings. The number of carbonyl (C=O) groups is 3. The van der Waals surface area contributed by atoms with E-state index >= 15 is 0 Å². The summed E-state index contributed by atoms with van der Waals surface area (Å²) in [6.07, 6.45) is 8.03. The average molecular weight is 580 g/mol. The maximum atomic E-state index is 12.4. The Kier molecular flexibility index (Phi) is 20.9. The monoisotopic (exact) mass is 579 g/mol. The van der Waals surface area contributed by atoms with Gasteiger partial charge in [-0.15, -0.1) is 0 Å². The van der Waals surface area contributed by atoms with Gasteiger partial charge >= 0.3 is 11.9 Å². The Hall–Kier alpha value is -5.05. The van der Waals surface area contributed by atoms with Gasteiger partial charge in [-0.3, -0.25) is 4.79 Å². The van der Waals surface area contributed by atoms with Crippen LogP contribution in [0.1, 0.15) is 47.9 Å². The lowest BCUT2D eigenvalue weighted by Gasteiger charge is -2.08. The molecule has 42 heavy (non-hydrogen) atoms. The molecular formula is C33H41NO8. The molecule has 0 radical (unpaired) electrons. The van der Waals surface area contributed by atoms with Crippen LogP contribution < -0.4 is 10.1 Å². The molecule has 0 spiro atoms. The Labute approximate surface area is 248 Å². The first-order valence-electron chi connectivity index (χ1n) is 13.2. The SMILES string of the molecule is C=CCOC=O.C=COCCCOc1ccc(C(=O)O/C(C=C)=C/C=C(\C)OC(=O)c2ccc(NC)cc2)cc1.CC. The molecule has 2 rings (SSSR count). The van der Waals surface area contributed by atoms with Crippen molar-refractivity contribution < 1.29 is 38.1 Å². The fourth-order valence-electron chi connectivity index (χ4n) is 2.73. The quantitative estimate of drug-likeness (QED) is 0.0427. The van der Waals surface area contributed by atoms with Gasteiger partial charge in [-0.2, -0.15) is 0 Å². The Morgan fingerprint density at radius 3 is 1.93 bits per heavy atom. The molecule has 0 bridgehead atoms. The Bertz CT molecular complexity index is 1160. The molecule has 2 aromatic carbocycles. The van der Waals surface area contributed by atoms with Gasteiger partial charge in [-0.1, -0.05) is 39.7 Å². The molecule has 9 nitrogen and oxygen atoms in total. The van der Waals surface area contributed by atoms with Gasteiger partial charge in [0, 0.05) is 19.2 Å². The lowest BCUT2D eigenvalue weighted by molar-refractivity contribution is -0.127. The molecule has 1 N–H and O–H groups in total. The molecule has 0 aliphatic carbocycles. The number of rotatable bonds is 16. The zero-order valence-corrected chi connectivity index (χ0v) is 24.8. The van der Waals surface area contributed by atoms with Crippen LogP contribution in [0.2, 0.25) is 0 Å². The van der Waals surface area contributed by atoms with Crippen LogP contribution in [-0.2, 0) is 23.7 Å². The second-order valence-electron chi connectivity index (χ2n) is 7.64. The van der Waals surface area contributed by atoms with Gasteiger partial charge in [0.2, 0.25) is 0 Å². The minimum atomic E-state index is -0.551. The maximum Gasteiger partial charge on any atom is 0.343 e. The molecule has 9 heteroatoms. The lowest BCUT2D eigenvalue weighted by Crippen LogP contribution is -2.05. The molecule has 2 aromatic rings. The predicted octanol–water partition coefficient (Wildman–Crippen LogP) is 7.02. The van der Waals surface area contributed by atoms with Gasteiger partial charge in [0.15, 0.2) is 0 Å². The van der Waals surface area contributed by atoms with Crippen molar-refractivity contribution in [1.82, 2.24) is 0 Å². The number of anilines is 1. The van der Waals surface area contributed by atoms with E-state index < -0.39 is 11.9 Å². The van der Waals surface area contributed by atoms with Crippen LogP contribution in [-0.4, -0.2) is 45.3 Å². The molecule has 0 heterocycles. The summed E-state index contributed by atoms with van der Waals surface area (Å²) in [7, 11) is 1.80. The van der Waals surface area contributed by atoms with Gasteiger partial charge in [0.25, 0.3) is 6.47 Å². The van der Waals surface area contributed by atoms with E-state index in [1.165, 1.54) is 30.6 Å². The van der Waals surface area contributed by atoms with E-state index in [0.717, 1.165) is 5.69 Å². The number of benzene rings is 2. The maximum absolute atomic E-state index is 12.4. The summed E-state index contributed by atoms with van der Waals surface area (Å²) >= 11 is 0. The van der Waals surface area contributed by atoms with Gasteiger partial charge in [-0.25, -0.2) is 9.59 Å². The number of esters is 2. The molecule has 0 aliphatic rings. The Morgan fingerprint density at radius 1 is 0.833 bits per heavy atom. The molecule has 0 amide bonds. The molecule has 0 aliphatic heterocycles. The van der Waals surface area contributed by atoms with Crippen molar-refractivity contribution in [2.45, 2.75) is 27.2 Å². The minimum absolute atomic E-state index is 0.210. The van der Waals surface area contributed by atoms with Crippen LogP contribution in [0, 0.1) is 0 Å². The second-order valence-corrected chi connectivity index (χ2v) is 7.64. The van der Waals surface area contributed by atoms with E-state index in [2.05, 4.69) is 29.8 Å². The van der Waals surface area contributed by atoms with E-state index in [-0.39, 0.29) is 5.76 Å². The summed E-state index contributed by atoms with van der Waals surface area (Å²) in [5.41, 5.74) is 1.66. The highest BCUT2D eigenvalue weighted by molar-refractivity contribution is 5.91. The normalized spacial score (nSPS) is 10.2. The first-order valence-corrected chi connectivity index (χ1v) is 13.2. The predicted molar refractivity (Wildman–Crippen MR) is 165 cm³/mol. The zero-order valence-electron chi connectivity index (χ0n) is 24.8.